The summed E-state index contributed by atoms with van der Waals surface area (Å²) < 4.78 is 4.66. The number of unbranched alkanes of at least 4 members (excludes halogenated alkanes) is 10. The van der Waals surface area contributed by atoms with Crippen LogP contribution >= 0.6 is 21.6 Å². The van der Waals surface area contributed by atoms with E-state index in [4.69, 9.17) is 0 Å². The SMILES string of the molecule is CCCCCCCCCCSSCCCCCCOC=O. The molecule has 0 atom stereocenters. The summed E-state index contributed by atoms with van der Waals surface area (Å²) in [5.41, 5.74) is 0. The first-order chi connectivity index (χ1) is 10.4. The van der Waals surface area contributed by atoms with E-state index in [9.17, 15) is 4.79 Å². The van der Waals surface area contributed by atoms with E-state index in [1.807, 2.05) is 21.6 Å². The first-order valence-corrected chi connectivity index (χ1v) is 11.2. The Morgan fingerprint density at radius 3 is 1.71 bits per heavy atom. The zero-order valence-corrected chi connectivity index (χ0v) is 15.4. The van der Waals surface area contributed by atoms with Crippen LogP contribution in [0.5, 0.6) is 0 Å². The Labute approximate surface area is 139 Å². The average molecular weight is 335 g/mol. The summed E-state index contributed by atoms with van der Waals surface area (Å²) in [4.78, 5) is 9.94. The van der Waals surface area contributed by atoms with E-state index in [0.29, 0.717) is 13.1 Å². The lowest BCUT2D eigenvalue weighted by atomic mass is 10.1. The van der Waals surface area contributed by atoms with Crippen LogP contribution in [0.3, 0.4) is 0 Å². The second kappa shape index (κ2) is 20.2. The summed E-state index contributed by atoms with van der Waals surface area (Å²) in [5.74, 6) is 2.57. The fourth-order valence-corrected chi connectivity index (χ4v) is 4.45. The van der Waals surface area contributed by atoms with Gasteiger partial charge >= 0.3 is 0 Å². The van der Waals surface area contributed by atoms with Crippen molar-refractivity contribution in [2.24, 2.45) is 0 Å². The van der Waals surface area contributed by atoms with Gasteiger partial charge in [0.2, 0.25) is 0 Å². The maximum atomic E-state index is 9.94. The molecule has 0 unspecified atom stereocenters. The van der Waals surface area contributed by atoms with Crippen molar-refractivity contribution in [1.82, 2.24) is 0 Å². The summed E-state index contributed by atoms with van der Waals surface area (Å²) in [6.45, 7) is 3.40. The van der Waals surface area contributed by atoms with Crippen molar-refractivity contribution in [2.45, 2.75) is 84.0 Å². The third kappa shape index (κ3) is 20.2. The molecule has 21 heavy (non-hydrogen) atoms. The average Bonchev–Trinajstić information content (AvgIpc) is 2.50. The Kier molecular flexibility index (Phi) is 20.3. The van der Waals surface area contributed by atoms with Crippen LogP contribution < -0.4 is 0 Å². The Morgan fingerprint density at radius 2 is 1.19 bits per heavy atom. The standard InChI is InChI=1S/C17H34O2S2/c1-2-3-4-5-6-7-9-12-15-20-21-16-13-10-8-11-14-19-17-18/h17H,2-16H2,1H3. The monoisotopic (exact) mass is 334 g/mol. The summed E-state index contributed by atoms with van der Waals surface area (Å²) in [5, 5.41) is 0. The van der Waals surface area contributed by atoms with Crippen molar-refractivity contribution >= 4 is 28.1 Å². The highest BCUT2D eigenvalue weighted by molar-refractivity contribution is 8.76. The largest absolute Gasteiger partial charge is 0.468 e. The normalized spacial score (nSPS) is 10.7. The van der Waals surface area contributed by atoms with Gasteiger partial charge in [-0.05, 0) is 19.3 Å². The molecule has 0 aromatic heterocycles. The highest BCUT2D eigenvalue weighted by Gasteiger charge is 1.95. The summed E-state index contributed by atoms with van der Waals surface area (Å²) in [7, 11) is 4.07. The maximum Gasteiger partial charge on any atom is 0.293 e. The van der Waals surface area contributed by atoms with Gasteiger partial charge < -0.3 is 4.74 Å². The zero-order valence-electron chi connectivity index (χ0n) is 13.8. The molecule has 0 saturated carbocycles. The number of rotatable bonds is 18. The van der Waals surface area contributed by atoms with Crippen molar-refractivity contribution < 1.29 is 9.53 Å². The Balaban J connectivity index is 2.91. The van der Waals surface area contributed by atoms with E-state index in [-0.39, 0.29) is 0 Å². The van der Waals surface area contributed by atoms with Crippen molar-refractivity contribution in [3.63, 3.8) is 0 Å². The minimum Gasteiger partial charge on any atom is -0.468 e. The molecule has 0 spiro atoms. The first kappa shape index (κ1) is 21.2. The van der Waals surface area contributed by atoms with Crippen LogP contribution in [0.15, 0.2) is 0 Å². The van der Waals surface area contributed by atoms with Crippen LogP contribution in [-0.2, 0) is 9.53 Å². The van der Waals surface area contributed by atoms with Gasteiger partial charge in [0.05, 0.1) is 6.61 Å². The van der Waals surface area contributed by atoms with Gasteiger partial charge in [0.15, 0.2) is 0 Å². The van der Waals surface area contributed by atoms with Crippen LogP contribution in [0.4, 0.5) is 0 Å². The minimum atomic E-state index is 0.539. The Bertz CT molecular complexity index is 201. The first-order valence-electron chi connectivity index (χ1n) is 8.71. The van der Waals surface area contributed by atoms with Gasteiger partial charge in [-0.1, -0.05) is 86.3 Å². The van der Waals surface area contributed by atoms with E-state index in [2.05, 4.69) is 11.7 Å². The molecule has 0 N–H and O–H groups in total. The minimum absolute atomic E-state index is 0.539. The number of ether oxygens (including phenoxy) is 1. The summed E-state index contributed by atoms with van der Waals surface area (Å²) in [6, 6.07) is 0. The molecule has 0 fully saturated rings. The third-order valence-corrected chi connectivity index (χ3v) is 6.05. The molecule has 0 rings (SSSR count). The van der Waals surface area contributed by atoms with E-state index in [1.54, 1.807) is 0 Å². The molecule has 126 valence electrons. The fourth-order valence-electron chi connectivity index (χ4n) is 2.16. The van der Waals surface area contributed by atoms with Gasteiger partial charge in [-0.2, -0.15) is 0 Å². The van der Waals surface area contributed by atoms with Crippen molar-refractivity contribution in [3.05, 3.63) is 0 Å². The lowest BCUT2D eigenvalue weighted by Gasteiger charge is -2.03. The van der Waals surface area contributed by atoms with Crippen molar-refractivity contribution in [3.8, 4) is 0 Å². The van der Waals surface area contributed by atoms with Crippen molar-refractivity contribution in [1.29, 1.82) is 0 Å². The molecule has 0 amide bonds. The zero-order chi connectivity index (χ0) is 15.4. The molecule has 0 aromatic rings. The second-order valence-corrected chi connectivity index (χ2v) is 8.20. The maximum absolute atomic E-state index is 9.94. The lowest BCUT2D eigenvalue weighted by Crippen LogP contribution is -1.91. The fraction of sp³-hybridized carbons (Fsp3) is 0.941. The molecule has 4 heteroatoms. The molecule has 2 nitrogen and oxygen atoms in total. The Hall–Kier alpha value is 0.170. The van der Waals surface area contributed by atoms with Gasteiger partial charge in [0.1, 0.15) is 0 Å². The molecule has 0 aromatic carbocycles. The van der Waals surface area contributed by atoms with Crippen LogP contribution in [0, 0.1) is 0 Å². The predicted molar refractivity (Wildman–Crippen MR) is 98.0 cm³/mol. The number of hydrogen-bond donors (Lipinski definition) is 0. The highest BCUT2D eigenvalue weighted by Crippen LogP contribution is 2.24. The molecular weight excluding hydrogens is 300 g/mol. The van der Waals surface area contributed by atoms with Crippen molar-refractivity contribution in [2.75, 3.05) is 18.1 Å². The van der Waals surface area contributed by atoms with Gasteiger partial charge in [-0.15, -0.1) is 0 Å². The van der Waals surface area contributed by atoms with Crippen LogP contribution in [0.2, 0.25) is 0 Å². The number of carbonyl (C=O) groups excluding carboxylic acids is 1. The van der Waals surface area contributed by atoms with Gasteiger partial charge in [0, 0.05) is 11.5 Å². The molecule has 0 heterocycles. The molecule has 0 aliphatic carbocycles. The highest BCUT2D eigenvalue weighted by atomic mass is 33.1. The van der Waals surface area contributed by atoms with Gasteiger partial charge in [0.25, 0.3) is 6.47 Å². The molecule has 0 aliphatic heterocycles. The quantitative estimate of drug-likeness (QED) is 0.168. The van der Waals surface area contributed by atoms with Crippen LogP contribution in [0.1, 0.15) is 84.0 Å². The lowest BCUT2D eigenvalue weighted by molar-refractivity contribution is -0.128. The van der Waals surface area contributed by atoms with Gasteiger partial charge in [-0.3, -0.25) is 4.79 Å². The smallest absolute Gasteiger partial charge is 0.293 e. The summed E-state index contributed by atoms with van der Waals surface area (Å²) in [6.07, 6.45) is 16.0. The molecule has 0 bridgehead atoms. The predicted octanol–water partition coefficient (Wildman–Crippen LogP) is 6.24. The Morgan fingerprint density at radius 1 is 0.714 bits per heavy atom. The molecular formula is C17H34O2S2. The molecule has 0 radical (unpaired) electrons. The molecule has 0 saturated heterocycles. The number of hydrogen-bond acceptors (Lipinski definition) is 4. The topological polar surface area (TPSA) is 26.3 Å². The van der Waals surface area contributed by atoms with Gasteiger partial charge in [-0.25, -0.2) is 0 Å². The van der Waals surface area contributed by atoms with E-state index >= 15 is 0 Å². The second-order valence-electron chi connectivity index (χ2n) is 5.50. The number of carbonyl (C=O) groups is 1. The molecule has 0 aliphatic rings. The van der Waals surface area contributed by atoms with E-state index < -0.39 is 0 Å². The van der Waals surface area contributed by atoms with Crippen LogP contribution in [0.25, 0.3) is 0 Å². The summed E-state index contributed by atoms with van der Waals surface area (Å²) >= 11 is 0. The van der Waals surface area contributed by atoms with Crippen LogP contribution in [-0.4, -0.2) is 24.6 Å². The van der Waals surface area contributed by atoms with E-state index in [1.165, 1.54) is 82.1 Å². The third-order valence-electron chi connectivity index (χ3n) is 3.47. The van der Waals surface area contributed by atoms with E-state index in [0.717, 1.165) is 6.42 Å².